The average molecular weight is 339 g/mol. The first-order chi connectivity index (χ1) is 12.0. The molecule has 0 spiro atoms. The summed E-state index contributed by atoms with van der Waals surface area (Å²) < 4.78 is 10.9. The number of benzene rings is 2. The summed E-state index contributed by atoms with van der Waals surface area (Å²) in [6, 6.07) is 14.5. The summed E-state index contributed by atoms with van der Waals surface area (Å²) in [5, 5.41) is 13.8. The van der Waals surface area contributed by atoms with Gasteiger partial charge in [-0.3, -0.25) is 4.79 Å². The van der Waals surface area contributed by atoms with Gasteiger partial charge in [-0.15, -0.1) is 0 Å². The van der Waals surface area contributed by atoms with Crippen molar-refractivity contribution in [3.05, 3.63) is 65.9 Å². The van der Waals surface area contributed by atoms with Crippen LogP contribution < -0.4 is 10.1 Å². The molecule has 1 unspecified atom stereocenters. The number of hydrogen-bond acceptors (Lipinski definition) is 4. The van der Waals surface area contributed by atoms with Crippen molar-refractivity contribution in [3.8, 4) is 5.75 Å². The van der Waals surface area contributed by atoms with Gasteiger partial charge < -0.3 is 19.6 Å². The minimum Gasteiger partial charge on any atom is -0.491 e. The maximum absolute atomic E-state index is 12.3. The van der Waals surface area contributed by atoms with E-state index in [9.17, 15) is 9.90 Å². The van der Waals surface area contributed by atoms with Crippen LogP contribution in [0.2, 0.25) is 0 Å². The monoisotopic (exact) mass is 339 g/mol. The molecule has 0 aliphatic carbocycles. The lowest BCUT2D eigenvalue weighted by Gasteiger charge is -2.14. The van der Waals surface area contributed by atoms with Crippen LogP contribution >= 0.6 is 0 Å². The molecule has 0 aliphatic rings. The highest BCUT2D eigenvalue weighted by atomic mass is 16.5. The van der Waals surface area contributed by atoms with Gasteiger partial charge >= 0.3 is 0 Å². The fraction of sp³-hybridized carbons (Fsp3) is 0.250. The van der Waals surface area contributed by atoms with Gasteiger partial charge in [0.2, 0.25) is 0 Å². The predicted octanol–water partition coefficient (Wildman–Crippen LogP) is 3.68. The first-order valence-electron chi connectivity index (χ1n) is 8.23. The summed E-state index contributed by atoms with van der Waals surface area (Å²) in [5.41, 5.74) is 1.84. The molecule has 3 rings (SSSR count). The SMILES string of the molecule is CC(C)Oc1ccc(C(O)CNC(=O)c2coc3ccccc23)cc1. The molecule has 25 heavy (non-hydrogen) atoms. The first-order valence-corrected chi connectivity index (χ1v) is 8.23. The van der Waals surface area contributed by atoms with E-state index in [0.29, 0.717) is 16.7 Å². The van der Waals surface area contributed by atoms with Gasteiger partial charge in [0.25, 0.3) is 5.91 Å². The number of ether oxygens (including phenoxy) is 1. The number of furan rings is 1. The fourth-order valence-electron chi connectivity index (χ4n) is 2.60. The molecule has 2 aromatic carbocycles. The van der Waals surface area contributed by atoms with Crippen molar-refractivity contribution in [3.63, 3.8) is 0 Å². The molecule has 0 bridgehead atoms. The van der Waals surface area contributed by atoms with E-state index in [1.54, 1.807) is 12.1 Å². The van der Waals surface area contributed by atoms with E-state index < -0.39 is 6.10 Å². The second-order valence-electron chi connectivity index (χ2n) is 6.11. The highest BCUT2D eigenvalue weighted by Gasteiger charge is 2.15. The molecule has 1 atom stereocenters. The summed E-state index contributed by atoms with van der Waals surface area (Å²) in [4.78, 5) is 12.3. The van der Waals surface area contributed by atoms with Gasteiger partial charge in [-0.05, 0) is 37.6 Å². The number of fused-ring (bicyclic) bond motifs is 1. The fourth-order valence-corrected chi connectivity index (χ4v) is 2.60. The number of amides is 1. The Morgan fingerprint density at radius 2 is 1.88 bits per heavy atom. The van der Waals surface area contributed by atoms with Gasteiger partial charge in [0.15, 0.2) is 0 Å². The standard InChI is InChI=1S/C20H21NO4/c1-13(2)25-15-9-7-14(8-10-15)18(22)11-21-20(23)17-12-24-19-6-4-3-5-16(17)19/h3-10,12-13,18,22H,11H2,1-2H3,(H,21,23). The zero-order valence-corrected chi connectivity index (χ0v) is 14.2. The zero-order chi connectivity index (χ0) is 17.8. The summed E-state index contributed by atoms with van der Waals surface area (Å²) in [5.74, 6) is 0.476. The molecule has 1 amide bonds. The summed E-state index contributed by atoms with van der Waals surface area (Å²) in [6.45, 7) is 4.03. The second kappa shape index (κ2) is 7.40. The van der Waals surface area contributed by atoms with Crippen LogP contribution in [0.1, 0.15) is 35.9 Å². The molecule has 0 aliphatic heterocycles. The van der Waals surface area contributed by atoms with E-state index in [4.69, 9.17) is 9.15 Å². The highest BCUT2D eigenvalue weighted by molar-refractivity contribution is 6.05. The Kier molecular flexibility index (Phi) is 5.05. The van der Waals surface area contributed by atoms with Crippen molar-refractivity contribution in [1.82, 2.24) is 5.32 Å². The Balaban J connectivity index is 1.61. The topological polar surface area (TPSA) is 71.7 Å². The number of carbonyl (C=O) groups excluding carboxylic acids is 1. The maximum atomic E-state index is 12.3. The third-order valence-electron chi connectivity index (χ3n) is 3.82. The van der Waals surface area contributed by atoms with Crippen LogP contribution in [0, 0.1) is 0 Å². The predicted molar refractivity (Wildman–Crippen MR) is 95.7 cm³/mol. The Hall–Kier alpha value is -2.79. The number of nitrogens with one attached hydrogen (secondary N) is 1. The summed E-state index contributed by atoms with van der Waals surface area (Å²) >= 11 is 0. The Labute approximate surface area is 146 Å². The lowest BCUT2D eigenvalue weighted by Crippen LogP contribution is -2.28. The molecular weight excluding hydrogens is 318 g/mol. The normalized spacial score (nSPS) is 12.3. The van der Waals surface area contributed by atoms with Crippen molar-refractivity contribution < 1.29 is 19.1 Å². The largest absolute Gasteiger partial charge is 0.491 e. The zero-order valence-electron chi connectivity index (χ0n) is 14.2. The molecule has 1 aromatic heterocycles. The van der Waals surface area contributed by atoms with Gasteiger partial charge in [0, 0.05) is 11.9 Å². The third kappa shape index (κ3) is 4.00. The quantitative estimate of drug-likeness (QED) is 0.718. The Bertz CT molecular complexity index is 852. The van der Waals surface area contributed by atoms with Crippen LogP contribution in [-0.4, -0.2) is 23.7 Å². The van der Waals surface area contributed by atoms with E-state index in [1.807, 2.05) is 50.2 Å². The van der Waals surface area contributed by atoms with E-state index in [-0.39, 0.29) is 18.6 Å². The average Bonchev–Trinajstić information content (AvgIpc) is 3.03. The molecule has 0 radical (unpaired) electrons. The molecule has 5 nitrogen and oxygen atoms in total. The molecular formula is C20H21NO4. The number of carbonyl (C=O) groups is 1. The Morgan fingerprint density at radius 1 is 1.16 bits per heavy atom. The molecule has 0 saturated heterocycles. The first kappa shape index (κ1) is 17.0. The number of aliphatic hydroxyl groups excluding tert-OH is 1. The number of hydrogen-bond donors (Lipinski definition) is 2. The number of rotatable bonds is 6. The molecule has 5 heteroatoms. The summed E-state index contributed by atoms with van der Waals surface area (Å²) in [6.07, 6.45) is 0.736. The van der Waals surface area contributed by atoms with Crippen LogP contribution in [0.25, 0.3) is 11.0 Å². The van der Waals surface area contributed by atoms with Gasteiger partial charge in [-0.2, -0.15) is 0 Å². The van der Waals surface area contributed by atoms with E-state index >= 15 is 0 Å². The summed E-state index contributed by atoms with van der Waals surface area (Å²) in [7, 11) is 0. The van der Waals surface area contributed by atoms with Crippen molar-refractivity contribution >= 4 is 16.9 Å². The minimum atomic E-state index is -0.796. The van der Waals surface area contributed by atoms with Crippen LogP contribution in [-0.2, 0) is 0 Å². The van der Waals surface area contributed by atoms with E-state index in [2.05, 4.69) is 5.32 Å². The molecule has 0 fully saturated rings. The van der Waals surface area contributed by atoms with Gasteiger partial charge in [0.1, 0.15) is 17.6 Å². The van der Waals surface area contributed by atoms with Gasteiger partial charge in [-0.1, -0.05) is 30.3 Å². The van der Waals surface area contributed by atoms with Crippen molar-refractivity contribution in [2.24, 2.45) is 0 Å². The van der Waals surface area contributed by atoms with Crippen molar-refractivity contribution in [2.75, 3.05) is 6.54 Å². The van der Waals surface area contributed by atoms with Gasteiger partial charge in [-0.25, -0.2) is 0 Å². The Morgan fingerprint density at radius 3 is 2.60 bits per heavy atom. The lowest BCUT2D eigenvalue weighted by atomic mass is 10.1. The molecule has 3 aromatic rings. The maximum Gasteiger partial charge on any atom is 0.255 e. The molecule has 130 valence electrons. The number of para-hydroxylation sites is 1. The molecule has 1 heterocycles. The minimum absolute atomic E-state index is 0.0971. The molecule has 2 N–H and O–H groups in total. The van der Waals surface area contributed by atoms with E-state index in [0.717, 1.165) is 11.1 Å². The molecule has 0 saturated carbocycles. The van der Waals surface area contributed by atoms with Gasteiger partial charge in [0.05, 0.1) is 17.8 Å². The van der Waals surface area contributed by atoms with Crippen molar-refractivity contribution in [2.45, 2.75) is 26.1 Å². The second-order valence-corrected chi connectivity index (χ2v) is 6.11. The van der Waals surface area contributed by atoms with Crippen molar-refractivity contribution in [1.29, 1.82) is 0 Å². The smallest absolute Gasteiger partial charge is 0.255 e. The van der Waals surface area contributed by atoms with Crippen LogP contribution in [0.5, 0.6) is 5.75 Å². The lowest BCUT2D eigenvalue weighted by molar-refractivity contribution is 0.0917. The van der Waals surface area contributed by atoms with Crippen LogP contribution in [0.15, 0.2) is 59.2 Å². The number of aliphatic hydroxyl groups is 1. The van der Waals surface area contributed by atoms with Crippen LogP contribution in [0.3, 0.4) is 0 Å². The van der Waals surface area contributed by atoms with Crippen LogP contribution in [0.4, 0.5) is 0 Å². The third-order valence-corrected chi connectivity index (χ3v) is 3.82. The highest BCUT2D eigenvalue weighted by Crippen LogP contribution is 2.21. The van der Waals surface area contributed by atoms with E-state index in [1.165, 1.54) is 6.26 Å².